The average molecular weight is 353 g/mol. The lowest BCUT2D eigenvalue weighted by Gasteiger charge is -2.33. The predicted octanol–water partition coefficient (Wildman–Crippen LogP) is 2.43. The van der Waals surface area contributed by atoms with Gasteiger partial charge >= 0.3 is 5.69 Å². The molecule has 0 spiro atoms. The summed E-state index contributed by atoms with van der Waals surface area (Å²) in [5.74, 6) is -0.562. The molecule has 1 aromatic rings. The Morgan fingerprint density at radius 3 is 2.68 bits per heavy atom. The molecule has 2 aliphatic heterocycles. The quantitative estimate of drug-likeness (QED) is 0.612. The van der Waals surface area contributed by atoms with Gasteiger partial charge in [-0.1, -0.05) is 0 Å². The number of anilines is 1. The zero-order valence-corrected chi connectivity index (χ0v) is 14.4. The standard InChI is InChI=1S/C17H24FN3O4/c1-24-14-11-15(18)17(21(22)23)16(12-14)20-6-2-5-19(7-8-20)13-3-9-25-10-4-13/h11-13H,2-10H2,1H3. The van der Waals surface area contributed by atoms with Gasteiger partial charge in [-0.25, -0.2) is 0 Å². The topological polar surface area (TPSA) is 68.1 Å². The maximum atomic E-state index is 14.2. The molecular weight excluding hydrogens is 329 g/mol. The summed E-state index contributed by atoms with van der Waals surface area (Å²) in [6.45, 7) is 4.62. The number of methoxy groups -OCH3 is 1. The van der Waals surface area contributed by atoms with Gasteiger partial charge in [-0.2, -0.15) is 4.39 Å². The zero-order chi connectivity index (χ0) is 17.8. The van der Waals surface area contributed by atoms with Crippen molar-refractivity contribution in [1.82, 2.24) is 4.90 Å². The number of rotatable bonds is 4. The first-order chi connectivity index (χ1) is 12.1. The highest BCUT2D eigenvalue weighted by atomic mass is 19.1. The Kier molecular flexibility index (Phi) is 5.70. The van der Waals surface area contributed by atoms with Crippen LogP contribution in [0.15, 0.2) is 12.1 Å². The molecule has 0 bridgehead atoms. The first kappa shape index (κ1) is 17.9. The summed E-state index contributed by atoms with van der Waals surface area (Å²) in [5, 5.41) is 11.4. The van der Waals surface area contributed by atoms with E-state index in [4.69, 9.17) is 9.47 Å². The van der Waals surface area contributed by atoms with E-state index in [2.05, 4.69) is 4.90 Å². The van der Waals surface area contributed by atoms with E-state index in [0.717, 1.165) is 51.6 Å². The number of benzene rings is 1. The Bertz CT molecular complexity index is 622. The van der Waals surface area contributed by atoms with Gasteiger partial charge in [0.05, 0.1) is 12.0 Å². The van der Waals surface area contributed by atoms with Crippen molar-refractivity contribution in [3.63, 3.8) is 0 Å². The van der Waals surface area contributed by atoms with Crippen LogP contribution in [-0.4, -0.2) is 62.4 Å². The van der Waals surface area contributed by atoms with E-state index in [1.807, 2.05) is 4.90 Å². The van der Waals surface area contributed by atoms with Crippen molar-refractivity contribution in [2.75, 3.05) is 51.4 Å². The monoisotopic (exact) mass is 353 g/mol. The highest BCUT2D eigenvalue weighted by molar-refractivity contribution is 5.66. The van der Waals surface area contributed by atoms with Gasteiger partial charge in [0.1, 0.15) is 11.4 Å². The predicted molar refractivity (Wildman–Crippen MR) is 91.9 cm³/mol. The molecule has 0 aliphatic carbocycles. The number of ether oxygens (including phenoxy) is 2. The van der Waals surface area contributed by atoms with Crippen molar-refractivity contribution in [3.8, 4) is 5.75 Å². The van der Waals surface area contributed by atoms with Gasteiger partial charge in [-0.05, 0) is 19.3 Å². The van der Waals surface area contributed by atoms with E-state index in [-0.39, 0.29) is 0 Å². The molecule has 2 aliphatic rings. The number of nitrogens with zero attached hydrogens (tertiary/aromatic N) is 3. The summed E-state index contributed by atoms with van der Waals surface area (Å²) in [6.07, 6.45) is 2.93. The van der Waals surface area contributed by atoms with Crippen molar-refractivity contribution in [2.45, 2.75) is 25.3 Å². The minimum Gasteiger partial charge on any atom is -0.497 e. The highest BCUT2D eigenvalue weighted by Crippen LogP contribution is 2.35. The summed E-state index contributed by atoms with van der Waals surface area (Å²) in [5.41, 5.74) is -0.170. The number of nitro benzene ring substituents is 1. The molecule has 0 aromatic heterocycles. The Labute approximate surface area is 146 Å². The van der Waals surface area contributed by atoms with Crippen LogP contribution in [0.5, 0.6) is 5.75 Å². The molecule has 8 heteroatoms. The Hall–Kier alpha value is -1.93. The molecule has 138 valence electrons. The minimum atomic E-state index is -0.857. The van der Waals surface area contributed by atoms with E-state index in [9.17, 15) is 14.5 Å². The van der Waals surface area contributed by atoms with Gasteiger partial charge in [-0.15, -0.1) is 0 Å². The van der Waals surface area contributed by atoms with Crippen molar-refractivity contribution in [1.29, 1.82) is 0 Å². The fourth-order valence-electron chi connectivity index (χ4n) is 3.69. The van der Waals surface area contributed by atoms with Gasteiger partial charge in [0.25, 0.3) is 0 Å². The molecule has 7 nitrogen and oxygen atoms in total. The molecule has 0 unspecified atom stereocenters. The number of hydrogen-bond donors (Lipinski definition) is 0. The van der Waals surface area contributed by atoms with Crippen LogP contribution >= 0.6 is 0 Å². The lowest BCUT2D eigenvalue weighted by atomic mass is 10.1. The molecule has 2 heterocycles. The van der Waals surface area contributed by atoms with Crippen molar-refractivity contribution in [3.05, 3.63) is 28.1 Å². The molecule has 0 N–H and O–H groups in total. The summed E-state index contributed by atoms with van der Waals surface area (Å²) in [7, 11) is 1.43. The van der Waals surface area contributed by atoms with Crippen LogP contribution in [-0.2, 0) is 4.74 Å². The van der Waals surface area contributed by atoms with E-state index in [1.54, 1.807) is 6.07 Å². The second-order valence-corrected chi connectivity index (χ2v) is 6.45. The van der Waals surface area contributed by atoms with E-state index < -0.39 is 16.4 Å². The van der Waals surface area contributed by atoms with Crippen LogP contribution in [0.1, 0.15) is 19.3 Å². The van der Waals surface area contributed by atoms with Gasteiger partial charge in [0, 0.05) is 57.6 Å². The molecule has 1 aromatic carbocycles. The van der Waals surface area contributed by atoms with Crippen LogP contribution in [0.3, 0.4) is 0 Å². The van der Waals surface area contributed by atoms with E-state index >= 15 is 0 Å². The highest BCUT2D eigenvalue weighted by Gasteiger charge is 2.29. The van der Waals surface area contributed by atoms with Crippen molar-refractivity contribution in [2.24, 2.45) is 0 Å². The summed E-state index contributed by atoms with van der Waals surface area (Å²) >= 11 is 0. The molecule has 0 amide bonds. The lowest BCUT2D eigenvalue weighted by molar-refractivity contribution is -0.386. The van der Waals surface area contributed by atoms with Gasteiger partial charge < -0.3 is 14.4 Å². The van der Waals surface area contributed by atoms with Gasteiger partial charge in [0.15, 0.2) is 0 Å². The number of halogens is 1. The van der Waals surface area contributed by atoms with Crippen LogP contribution in [0.4, 0.5) is 15.8 Å². The second-order valence-electron chi connectivity index (χ2n) is 6.45. The molecule has 3 rings (SSSR count). The third kappa shape index (κ3) is 4.01. The van der Waals surface area contributed by atoms with Crippen molar-refractivity contribution < 1.29 is 18.8 Å². The van der Waals surface area contributed by atoms with E-state index in [1.165, 1.54) is 7.11 Å². The smallest absolute Gasteiger partial charge is 0.328 e. The molecule has 25 heavy (non-hydrogen) atoms. The largest absolute Gasteiger partial charge is 0.497 e. The molecule has 0 saturated carbocycles. The third-order valence-corrected chi connectivity index (χ3v) is 5.01. The molecular formula is C17H24FN3O4. The fourth-order valence-corrected chi connectivity index (χ4v) is 3.69. The molecule has 0 atom stereocenters. The molecule has 2 fully saturated rings. The van der Waals surface area contributed by atoms with Crippen LogP contribution in [0.25, 0.3) is 0 Å². The molecule has 0 radical (unpaired) electrons. The summed E-state index contributed by atoms with van der Waals surface area (Å²) in [4.78, 5) is 15.0. The maximum absolute atomic E-state index is 14.2. The SMILES string of the molecule is COc1cc(F)c([N+](=O)[O-])c(N2CCCN(C3CCOCC3)CC2)c1. The Morgan fingerprint density at radius 1 is 1.24 bits per heavy atom. The number of hydrogen-bond acceptors (Lipinski definition) is 6. The van der Waals surface area contributed by atoms with Crippen LogP contribution in [0, 0.1) is 15.9 Å². The first-order valence-corrected chi connectivity index (χ1v) is 8.69. The average Bonchev–Trinajstić information content (AvgIpc) is 2.87. The van der Waals surface area contributed by atoms with Gasteiger partial charge in [-0.3, -0.25) is 15.0 Å². The van der Waals surface area contributed by atoms with Gasteiger partial charge in [0.2, 0.25) is 5.82 Å². The van der Waals surface area contributed by atoms with Crippen LogP contribution < -0.4 is 9.64 Å². The van der Waals surface area contributed by atoms with E-state index in [0.29, 0.717) is 30.6 Å². The lowest BCUT2D eigenvalue weighted by Crippen LogP contribution is -2.41. The minimum absolute atomic E-state index is 0.295. The third-order valence-electron chi connectivity index (χ3n) is 5.01. The maximum Gasteiger partial charge on any atom is 0.328 e. The number of nitro groups is 1. The summed E-state index contributed by atoms with van der Waals surface area (Å²) in [6, 6.07) is 3.13. The second kappa shape index (κ2) is 7.97. The fraction of sp³-hybridized carbons (Fsp3) is 0.647. The normalized spacial score (nSPS) is 20.3. The Morgan fingerprint density at radius 2 is 2.00 bits per heavy atom. The molecule has 2 saturated heterocycles. The van der Waals surface area contributed by atoms with Crippen molar-refractivity contribution >= 4 is 11.4 Å². The zero-order valence-electron chi connectivity index (χ0n) is 14.4. The first-order valence-electron chi connectivity index (χ1n) is 8.69. The Balaban J connectivity index is 1.80. The summed E-state index contributed by atoms with van der Waals surface area (Å²) < 4.78 is 24.7. The van der Waals surface area contributed by atoms with Crippen LogP contribution in [0.2, 0.25) is 0 Å².